The molecule has 25 heavy (non-hydrogen) atoms. The van der Waals surface area contributed by atoms with Crippen LogP contribution < -0.4 is 10.1 Å². The molecule has 130 valence electrons. The number of nitrogens with one attached hydrogen (secondary N) is 1. The Hall–Kier alpha value is -2.51. The zero-order chi connectivity index (χ0) is 17.2. The molecule has 0 bridgehead atoms. The second kappa shape index (κ2) is 6.78. The largest absolute Gasteiger partial charge is 0.473 e. The number of benzene rings is 2. The van der Waals surface area contributed by atoms with Crippen molar-refractivity contribution >= 4 is 10.9 Å². The first-order valence-corrected chi connectivity index (χ1v) is 8.10. The predicted molar refractivity (Wildman–Crippen MR) is 89.1 cm³/mol. The molecule has 1 N–H and O–H groups in total. The molecule has 1 atom stereocenters. The van der Waals surface area contributed by atoms with Crippen LogP contribution in [-0.4, -0.2) is 42.2 Å². The van der Waals surface area contributed by atoms with E-state index in [1.54, 1.807) is 6.07 Å². The van der Waals surface area contributed by atoms with Gasteiger partial charge in [0, 0.05) is 19.2 Å². The lowest BCUT2D eigenvalue weighted by Gasteiger charge is -2.23. The highest BCUT2D eigenvalue weighted by Gasteiger charge is 2.19. The lowest BCUT2D eigenvalue weighted by molar-refractivity contribution is -0.000507. The maximum Gasteiger partial charge on any atom is 0.241 e. The first kappa shape index (κ1) is 16.0. The van der Waals surface area contributed by atoms with Gasteiger partial charge in [0.1, 0.15) is 30.0 Å². The number of ether oxygens (including phenoxy) is 2. The molecular formula is C18H17F2N3O2. The highest BCUT2D eigenvalue weighted by Crippen LogP contribution is 2.28. The summed E-state index contributed by atoms with van der Waals surface area (Å²) >= 11 is 0. The van der Waals surface area contributed by atoms with Gasteiger partial charge >= 0.3 is 0 Å². The number of nitrogens with zero attached hydrogens (tertiary/aromatic N) is 2. The van der Waals surface area contributed by atoms with E-state index in [1.165, 1.54) is 4.68 Å². The van der Waals surface area contributed by atoms with Crippen molar-refractivity contribution in [2.75, 3.05) is 26.3 Å². The van der Waals surface area contributed by atoms with Gasteiger partial charge in [0.05, 0.1) is 17.5 Å². The van der Waals surface area contributed by atoms with Crippen molar-refractivity contribution in [3.63, 3.8) is 0 Å². The van der Waals surface area contributed by atoms with Crippen molar-refractivity contribution < 1.29 is 18.3 Å². The van der Waals surface area contributed by atoms with Gasteiger partial charge in [-0.15, -0.1) is 5.10 Å². The molecule has 1 fully saturated rings. The van der Waals surface area contributed by atoms with Crippen molar-refractivity contribution in [3.8, 4) is 11.6 Å². The van der Waals surface area contributed by atoms with E-state index in [-0.39, 0.29) is 11.8 Å². The maximum absolute atomic E-state index is 14.2. The topological polar surface area (TPSA) is 48.3 Å². The van der Waals surface area contributed by atoms with Crippen LogP contribution in [0, 0.1) is 11.6 Å². The summed E-state index contributed by atoms with van der Waals surface area (Å²) in [6.45, 7) is 2.50. The Bertz CT molecular complexity index is 891. The van der Waals surface area contributed by atoms with Gasteiger partial charge in [0.25, 0.3) is 0 Å². The molecular weight excluding hydrogens is 328 g/mol. The van der Waals surface area contributed by atoms with Crippen LogP contribution >= 0.6 is 0 Å². The minimum absolute atomic E-state index is 0.0432. The maximum atomic E-state index is 14.2. The molecule has 0 amide bonds. The molecule has 1 unspecified atom stereocenters. The number of aromatic nitrogens is 2. The summed E-state index contributed by atoms with van der Waals surface area (Å²) in [4.78, 5) is 0. The molecule has 1 aromatic heterocycles. The molecule has 1 saturated heterocycles. The van der Waals surface area contributed by atoms with Crippen molar-refractivity contribution in [1.29, 1.82) is 0 Å². The lowest BCUT2D eigenvalue weighted by atomic mass is 10.2. The van der Waals surface area contributed by atoms with Crippen LogP contribution in [0.2, 0.25) is 0 Å². The minimum atomic E-state index is -0.555. The highest BCUT2D eigenvalue weighted by molar-refractivity contribution is 5.86. The zero-order valence-corrected chi connectivity index (χ0v) is 13.4. The summed E-state index contributed by atoms with van der Waals surface area (Å²) in [5, 5.41) is 8.32. The summed E-state index contributed by atoms with van der Waals surface area (Å²) in [5.74, 6) is -0.713. The van der Waals surface area contributed by atoms with Crippen LogP contribution in [0.5, 0.6) is 5.88 Å². The van der Waals surface area contributed by atoms with Gasteiger partial charge < -0.3 is 14.8 Å². The molecule has 0 saturated carbocycles. The molecule has 0 aliphatic carbocycles. The number of rotatable bonds is 4. The van der Waals surface area contributed by atoms with Crippen LogP contribution in [-0.2, 0) is 4.74 Å². The summed E-state index contributed by atoms with van der Waals surface area (Å²) in [7, 11) is 0. The van der Waals surface area contributed by atoms with E-state index >= 15 is 0 Å². The second-order valence-electron chi connectivity index (χ2n) is 5.84. The molecule has 1 aliphatic rings. The Morgan fingerprint density at radius 1 is 1.24 bits per heavy atom. The van der Waals surface area contributed by atoms with Gasteiger partial charge in [-0.05, 0) is 24.3 Å². The van der Waals surface area contributed by atoms with E-state index < -0.39 is 11.6 Å². The third kappa shape index (κ3) is 3.20. The molecule has 2 aromatic carbocycles. The number of para-hydroxylation sites is 1. The molecule has 5 nitrogen and oxygen atoms in total. The Labute approximate surface area is 143 Å². The van der Waals surface area contributed by atoms with E-state index in [2.05, 4.69) is 10.4 Å². The van der Waals surface area contributed by atoms with Gasteiger partial charge in [-0.25, -0.2) is 13.5 Å². The second-order valence-corrected chi connectivity index (χ2v) is 5.84. The molecule has 3 aromatic rings. The van der Waals surface area contributed by atoms with Gasteiger partial charge in [0.15, 0.2) is 0 Å². The third-order valence-electron chi connectivity index (χ3n) is 4.10. The van der Waals surface area contributed by atoms with Crippen molar-refractivity contribution in [3.05, 3.63) is 54.1 Å². The van der Waals surface area contributed by atoms with Crippen molar-refractivity contribution in [2.24, 2.45) is 0 Å². The van der Waals surface area contributed by atoms with Gasteiger partial charge in [-0.3, -0.25) is 0 Å². The number of halogens is 2. The van der Waals surface area contributed by atoms with Gasteiger partial charge in [0.2, 0.25) is 5.88 Å². The Morgan fingerprint density at radius 3 is 2.96 bits per heavy atom. The van der Waals surface area contributed by atoms with Crippen LogP contribution in [0.3, 0.4) is 0 Å². The fourth-order valence-corrected chi connectivity index (χ4v) is 2.87. The van der Waals surface area contributed by atoms with E-state index in [0.717, 1.165) is 30.1 Å². The average molecular weight is 345 g/mol. The summed E-state index contributed by atoms with van der Waals surface area (Å²) < 4.78 is 40.5. The van der Waals surface area contributed by atoms with E-state index in [4.69, 9.17) is 9.47 Å². The zero-order valence-electron chi connectivity index (χ0n) is 13.4. The normalized spacial score (nSPS) is 17.8. The summed E-state index contributed by atoms with van der Waals surface area (Å²) in [6, 6.07) is 10.6. The van der Waals surface area contributed by atoms with E-state index in [1.807, 2.05) is 18.2 Å². The number of hydrogen-bond donors (Lipinski definition) is 1. The van der Waals surface area contributed by atoms with E-state index in [9.17, 15) is 8.78 Å². The Morgan fingerprint density at radius 2 is 2.12 bits per heavy atom. The Kier molecular flexibility index (Phi) is 4.33. The lowest BCUT2D eigenvalue weighted by Crippen LogP contribution is -2.41. The molecule has 1 aliphatic heterocycles. The predicted octanol–water partition coefficient (Wildman–Crippen LogP) is 2.67. The summed E-state index contributed by atoms with van der Waals surface area (Å²) in [5.41, 5.74) is 0.686. The standard InChI is InChI=1S/C18H17F2N3O2/c19-12-5-6-15(20)17(9-12)23-16-4-2-1-3-14(16)18(22-23)25-11-13-10-21-7-8-24-13/h1-6,9,13,21H,7-8,10-11H2. The quantitative estimate of drug-likeness (QED) is 0.790. The number of hydrogen-bond acceptors (Lipinski definition) is 4. The monoisotopic (exact) mass is 345 g/mol. The first-order valence-electron chi connectivity index (χ1n) is 8.10. The average Bonchev–Trinajstić information content (AvgIpc) is 3.02. The molecule has 2 heterocycles. The number of fused-ring (bicyclic) bond motifs is 1. The van der Waals surface area contributed by atoms with Gasteiger partial charge in [-0.1, -0.05) is 12.1 Å². The van der Waals surface area contributed by atoms with E-state index in [0.29, 0.717) is 31.2 Å². The smallest absolute Gasteiger partial charge is 0.241 e. The van der Waals surface area contributed by atoms with Crippen molar-refractivity contribution in [2.45, 2.75) is 6.10 Å². The minimum Gasteiger partial charge on any atom is -0.473 e. The highest BCUT2D eigenvalue weighted by atomic mass is 19.1. The molecule has 0 radical (unpaired) electrons. The van der Waals surface area contributed by atoms with Crippen LogP contribution in [0.1, 0.15) is 0 Å². The number of morpholine rings is 1. The van der Waals surface area contributed by atoms with Crippen LogP contribution in [0.25, 0.3) is 16.6 Å². The fourth-order valence-electron chi connectivity index (χ4n) is 2.87. The molecule has 4 rings (SSSR count). The summed E-state index contributed by atoms with van der Waals surface area (Å²) in [6.07, 6.45) is -0.0661. The molecule has 0 spiro atoms. The first-order chi connectivity index (χ1) is 12.2. The SMILES string of the molecule is Fc1ccc(F)c(-n2nc(OCC3CNCCO3)c3ccccc32)c1. The fraction of sp³-hybridized carbons (Fsp3) is 0.278. The van der Waals surface area contributed by atoms with Gasteiger partial charge in [-0.2, -0.15) is 0 Å². The molecule has 7 heteroatoms. The Balaban J connectivity index is 1.70. The van der Waals surface area contributed by atoms with Crippen LogP contribution in [0.15, 0.2) is 42.5 Å². The third-order valence-corrected chi connectivity index (χ3v) is 4.10. The van der Waals surface area contributed by atoms with Crippen LogP contribution in [0.4, 0.5) is 8.78 Å². The van der Waals surface area contributed by atoms with Crippen molar-refractivity contribution in [1.82, 2.24) is 15.1 Å².